The van der Waals surface area contributed by atoms with E-state index in [2.05, 4.69) is 66.9 Å². The van der Waals surface area contributed by atoms with E-state index in [9.17, 15) is 0 Å². The first-order valence-electron chi connectivity index (χ1n) is 13.7. The Balaban J connectivity index is -0.000000238. The van der Waals surface area contributed by atoms with Crippen LogP contribution in [0.3, 0.4) is 0 Å². The molecule has 36 heavy (non-hydrogen) atoms. The minimum atomic E-state index is 0. The summed E-state index contributed by atoms with van der Waals surface area (Å²) in [6, 6.07) is 0. The second kappa shape index (κ2) is 25.9. The van der Waals surface area contributed by atoms with Crippen molar-refractivity contribution in [3.8, 4) is 0 Å². The van der Waals surface area contributed by atoms with E-state index in [1.165, 1.54) is 83.5 Å². The van der Waals surface area contributed by atoms with Gasteiger partial charge in [-0.3, -0.25) is 0 Å². The van der Waals surface area contributed by atoms with Crippen LogP contribution >= 0.6 is 0 Å². The standard InChI is InChI=1S/C27H48.C2H6.C2H4.5CH4/c1-7-12-22(13-8-2)16-17-23-14-11-21-27(6)24(18-19-25(23)27)15-9-10-20-26(3,4)5;2*1-2;;;;;/h16-17,24-25H,7-15,18-21H2,1-6H3;1-2H3;1-2H2;5*1H4/b23-17+;;;;;;;. The summed E-state index contributed by atoms with van der Waals surface area (Å²) in [5.41, 5.74) is 4.57. The fourth-order valence-corrected chi connectivity index (χ4v) is 6.03. The highest BCUT2D eigenvalue weighted by molar-refractivity contribution is 5.25. The van der Waals surface area contributed by atoms with Crippen LogP contribution in [0.5, 0.6) is 0 Å². The first-order chi connectivity index (χ1) is 14.8. The highest BCUT2D eigenvalue weighted by Crippen LogP contribution is 2.58. The molecule has 2 saturated carbocycles. The van der Waals surface area contributed by atoms with Gasteiger partial charge in [0.1, 0.15) is 0 Å². The maximum Gasteiger partial charge on any atom is -0.0143 e. The Labute approximate surface area is 234 Å². The second-order valence-corrected chi connectivity index (χ2v) is 11.1. The highest BCUT2D eigenvalue weighted by atomic mass is 14.5. The number of fused-ring (bicyclic) bond motifs is 1. The summed E-state index contributed by atoms with van der Waals surface area (Å²) in [7, 11) is 0. The van der Waals surface area contributed by atoms with Gasteiger partial charge in [-0.05, 0) is 80.5 Å². The Bertz CT molecular complexity index is 507. The van der Waals surface area contributed by atoms with Gasteiger partial charge in [-0.25, -0.2) is 0 Å². The molecule has 0 saturated heterocycles. The van der Waals surface area contributed by atoms with Crippen molar-refractivity contribution < 1.29 is 0 Å². The molecule has 0 N–H and O–H groups in total. The van der Waals surface area contributed by atoms with E-state index in [4.69, 9.17) is 0 Å². The summed E-state index contributed by atoms with van der Waals surface area (Å²) >= 11 is 0. The van der Waals surface area contributed by atoms with Crippen LogP contribution in [0.1, 0.15) is 176 Å². The van der Waals surface area contributed by atoms with E-state index >= 15 is 0 Å². The number of hydrogen-bond acceptors (Lipinski definition) is 0. The molecular weight excluding hydrogens is 432 g/mol. The molecule has 3 unspecified atom stereocenters. The number of rotatable bonds is 9. The van der Waals surface area contributed by atoms with E-state index in [0.717, 1.165) is 11.8 Å². The molecule has 3 atom stereocenters. The third-order valence-electron chi connectivity index (χ3n) is 7.57. The van der Waals surface area contributed by atoms with Crippen LogP contribution in [-0.4, -0.2) is 0 Å². The molecule has 0 aliphatic heterocycles. The predicted octanol–water partition coefficient (Wildman–Crippen LogP) is 14.3. The summed E-state index contributed by atoms with van der Waals surface area (Å²) in [6.07, 6.45) is 23.1. The molecule has 0 spiro atoms. The lowest BCUT2D eigenvalue weighted by molar-refractivity contribution is 0.126. The van der Waals surface area contributed by atoms with Gasteiger partial charge in [0.25, 0.3) is 0 Å². The minimum absolute atomic E-state index is 0. The van der Waals surface area contributed by atoms with Gasteiger partial charge in [0, 0.05) is 0 Å². The highest BCUT2D eigenvalue weighted by Gasteiger charge is 2.48. The van der Waals surface area contributed by atoms with Gasteiger partial charge >= 0.3 is 0 Å². The van der Waals surface area contributed by atoms with E-state index in [0.29, 0.717) is 10.8 Å². The number of hydrogen-bond donors (Lipinski definition) is 0. The molecule has 2 fully saturated rings. The SMILES string of the molecule is C.C.C.C.C.C=C.CC.CCCC(=C/C=C1\CCCC2(C)C(CCCCC(C)(C)C)CCC12)CCC. The monoisotopic (exact) mass is 511 g/mol. The molecule has 0 aromatic carbocycles. The van der Waals surface area contributed by atoms with Gasteiger partial charge in [-0.2, -0.15) is 0 Å². The molecule has 0 radical (unpaired) electrons. The van der Waals surface area contributed by atoms with Crippen molar-refractivity contribution in [1.29, 1.82) is 0 Å². The third kappa shape index (κ3) is 16.1. The molecule has 0 heteroatoms. The first kappa shape index (κ1) is 48.3. The Morgan fingerprint density at radius 1 is 0.917 bits per heavy atom. The summed E-state index contributed by atoms with van der Waals surface area (Å²) < 4.78 is 0. The lowest BCUT2D eigenvalue weighted by atomic mass is 9.62. The Morgan fingerprint density at radius 3 is 1.92 bits per heavy atom. The summed E-state index contributed by atoms with van der Waals surface area (Å²) in [6.45, 7) is 24.4. The van der Waals surface area contributed by atoms with Crippen LogP contribution < -0.4 is 0 Å². The predicted molar refractivity (Wildman–Crippen MR) is 178 cm³/mol. The van der Waals surface area contributed by atoms with Crippen molar-refractivity contribution in [2.75, 3.05) is 0 Å². The topological polar surface area (TPSA) is 0 Å². The Hall–Kier alpha value is -0.780. The molecule has 0 heterocycles. The summed E-state index contributed by atoms with van der Waals surface area (Å²) in [4.78, 5) is 0. The van der Waals surface area contributed by atoms with Crippen LogP contribution in [0.2, 0.25) is 0 Å². The van der Waals surface area contributed by atoms with Crippen molar-refractivity contribution in [3.63, 3.8) is 0 Å². The van der Waals surface area contributed by atoms with Crippen LogP contribution in [-0.2, 0) is 0 Å². The van der Waals surface area contributed by atoms with E-state index in [1.54, 1.807) is 11.1 Å². The maximum atomic E-state index is 3.00. The van der Waals surface area contributed by atoms with E-state index in [-0.39, 0.29) is 37.1 Å². The molecule has 0 aromatic rings. The zero-order chi connectivity index (χ0) is 23.9. The molecule has 222 valence electrons. The van der Waals surface area contributed by atoms with E-state index < -0.39 is 0 Å². The third-order valence-corrected chi connectivity index (χ3v) is 7.57. The van der Waals surface area contributed by atoms with Crippen molar-refractivity contribution in [2.45, 2.75) is 176 Å². The number of allylic oxidation sites excluding steroid dienone is 4. The lowest BCUT2D eigenvalue weighted by Gasteiger charge is -2.42. The minimum Gasteiger partial charge on any atom is -0.106 e. The molecule has 0 amide bonds. The molecule has 2 rings (SSSR count). The van der Waals surface area contributed by atoms with Crippen molar-refractivity contribution in [3.05, 3.63) is 36.5 Å². The largest absolute Gasteiger partial charge is 0.106 e. The zero-order valence-corrected chi connectivity index (χ0v) is 22.9. The molecular formula is C36H78. The smallest absolute Gasteiger partial charge is 0.0143 e. The molecule has 0 bridgehead atoms. The van der Waals surface area contributed by atoms with Gasteiger partial charge in [0.05, 0.1) is 0 Å². The van der Waals surface area contributed by atoms with Gasteiger partial charge in [0.2, 0.25) is 0 Å². The lowest BCUT2D eigenvalue weighted by Crippen LogP contribution is -2.33. The molecule has 0 nitrogen and oxygen atoms in total. The van der Waals surface area contributed by atoms with Gasteiger partial charge in [-0.1, -0.05) is 142 Å². The maximum absolute atomic E-state index is 3.00. The first-order valence-corrected chi connectivity index (χ1v) is 13.7. The second-order valence-electron chi connectivity index (χ2n) is 11.1. The normalized spacial score (nSPS) is 22.6. The molecule has 2 aliphatic carbocycles. The zero-order valence-electron chi connectivity index (χ0n) is 22.9. The Kier molecular flexibility index (Phi) is 34.7. The number of unbranched alkanes of at least 4 members (excludes halogenated alkanes) is 1. The van der Waals surface area contributed by atoms with Crippen molar-refractivity contribution >= 4 is 0 Å². The Morgan fingerprint density at radius 2 is 1.44 bits per heavy atom. The van der Waals surface area contributed by atoms with Gasteiger partial charge < -0.3 is 0 Å². The van der Waals surface area contributed by atoms with Gasteiger partial charge in [0.15, 0.2) is 0 Å². The van der Waals surface area contributed by atoms with Crippen LogP contribution in [0.25, 0.3) is 0 Å². The molecule has 2 aliphatic rings. The van der Waals surface area contributed by atoms with E-state index in [1.807, 2.05) is 13.8 Å². The molecule has 0 aromatic heterocycles. The average molecular weight is 511 g/mol. The quantitative estimate of drug-likeness (QED) is 0.214. The van der Waals surface area contributed by atoms with Crippen molar-refractivity contribution in [1.82, 2.24) is 0 Å². The average Bonchev–Trinajstić information content (AvgIpc) is 3.08. The fourth-order valence-electron chi connectivity index (χ4n) is 6.03. The van der Waals surface area contributed by atoms with Crippen LogP contribution in [0.15, 0.2) is 36.5 Å². The van der Waals surface area contributed by atoms with Crippen LogP contribution in [0.4, 0.5) is 0 Å². The van der Waals surface area contributed by atoms with Crippen molar-refractivity contribution in [2.24, 2.45) is 22.7 Å². The fraction of sp³-hybridized carbons (Fsp3) is 0.833. The van der Waals surface area contributed by atoms with Crippen LogP contribution in [0, 0.1) is 22.7 Å². The summed E-state index contributed by atoms with van der Waals surface area (Å²) in [5, 5.41) is 0. The summed E-state index contributed by atoms with van der Waals surface area (Å²) in [5.74, 6) is 1.85. The van der Waals surface area contributed by atoms with Gasteiger partial charge in [-0.15, -0.1) is 13.2 Å².